The SMILES string of the molecule is CCOc1cc(C(=O)O[C@H](C)C(=O)c2ccc(C)cc2)cc(OCC)c1OCC. The van der Waals surface area contributed by atoms with Crippen molar-refractivity contribution in [1.82, 2.24) is 0 Å². The van der Waals surface area contributed by atoms with Crippen LogP contribution in [0.15, 0.2) is 36.4 Å². The number of aryl methyl sites for hydroxylation is 1. The lowest BCUT2D eigenvalue weighted by Crippen LogP contribution is -2.24. The van der Waals surface area contributed by atoms with Crippen LogP contribution in [0.4, 0.5) is 0 Å². The summed E-state index contributed by atoms with van der Waals surface area (Å²) in [5, 5.41) is 0. The fourth-order valence-corrected chi connectivity index (χ4v) is 2.74. The van der Waals surface area contributed by atoms with E-state index in [-0.39, 0.29) is 11.3 Å². The van der Waals surface area contributed by atoms with Gasteiger partial charge >= 0.3 is 5.97 Å². The fourth-order valence-electron chi connectivity index (χ4n) is 2.74. The van der Waals surface area contributed by atoms with Gasteiger partial charge in [0, 0.05) is 5.56 Å². The summed E-state index contributed by atoms with van der Waals surface area (Å²) in [6.45, 7) is 10.2. The van der Waals surface area contributed by atoms with Gasteiger partial charge in [-0.05, 0) is 46.8 Å². The molecule has 0 bridgehead atoms. The Morgan fingerprint density at radius 3 is 1.83 bits per heavy atom. The van der Waals surface area contributed by atoms with Gasteiger partial charge in [-0.25, -0.2) is 4.79 Å². The summed E-state index contributed by atoms with van der Waals surface area (Å²) in [6, 6.07) is 10.2. The highest BCUT2D eigenvalue weighted by Gasteiger charge is 2.23. The summed E-state index contributed by atoms with van der Waals surface area (Å²) in [6.07, 6.45) is -0.928. The fraction of sp³-hybridized carbons (Fsp3) is 0.391. The van der Waals surface area contributed by atoms with Gasteiger partial charge in [0.2, 0.25) is 11.5 Å². The maximum Gasteiger partial charge on any atom is 0.339 e. The normalized spacial score (nSPS) is 11.5. The third-order valence-corrected chi connectivity index (χ3v) is 4.13. The molecule has 6 heteroatoms. The number of hydrogen-bond acceptors (Lipinski definition) is 6. The minimum absolute atomic E-state index is 0.226. The van der Waals surface area contributed by atoms with Gasteiger partial charge in [0.05, 0.1) is 25.4 Å². The molecule has 2 rings (SSSR count). The van der Waals surface area contributed by atoms with Crippen LogP contribution in [0.5, 0.6) is 17.2 Å². The smallest absolute Gasteiger partial charge is 0.339 e. The minimum atomic E-state index is -0.928. The van der Waals surface area contributed by atoms with Crippen LogP contribution >= 0.6 is 0 Å². The van der Waals surface area contributed by atoms with Crippen molar-refractivity contribution >= 4 is 11.8 Å². The maximum absolute atomic E-state index is 12.7. The molecule has 0 aliphatic heterocycles. The molecule has 0 unspecified atom stereocenters. The molecular formula is C23H28O6. The van der Waals surface area contributed by atoms with Crippen LogP contribution in [-0.2, 0) is 4.74 Å². The first-order valence-electron chi connectivity index (χ1n) is 9.79. The zero-order valence-corrected chi connectivity index (χ0v) is 17.6. The molecule has 2 aromatic rings. The lowest BCUT2D eigenvalue weighted by molar-refractivity contribution is 0.0318. The summed E-state index contributed by atoms with van der Waals surface area (Å²) in [4.78, 5) is 25.3. The van der Waals surface area contributed by atoms with Crippen molar-refractivity contribution in [2.75, 3.05) is 19.8 Å². The number of benzene rings is 2. The van der Waals surface area contributed by atoms with Crippen LogP contribution in [0.2, 0.25) is 0 Å². The number of carbonyl (C=O) groups excluding carboxylic acids is 2. The molecule has 0 aliphatic carbocycles. The molecule has 6 nitrogen and oxygen atoms in total. The van der Waals surface area contributed by atoms with E-state index in [1.165, 1.54) is 0 Å². The number of carbonyl (C=O) groups is 2. The quantitative estimate of drug-likeness (QED) is 0.428. The topological polar surface area (TPSA) is 71.1 Å². The van der Waals surface area contributed by atoms with Gasteiger partial charge in [0.1, 0.15) is 0 Å². The van der Waals surface area contributed by atoms with E-state index in [0.29, 0.717) is 42.6 Å². The maximum atomic E-state index is 12.7. The second-order valence-electron chi connectivity index (χ2n) is 6.38. The molecule has 2 aromatic carbocycles. The number of hydrogen-bond donors (Lipinski definition) is 0. The molecule has 0 amide bonds. The average Bonchev–Trinajstić information content (AvgIpc) is 2.70. The molecule has 0 radical (unpaired) electrons. The molecule has 0 N–H and O–H groups in total. The Labute approximate surface area is 171 Å². The summed E-state index contributed by atoms with van der Waals surface area (Å²) < 4.78 is 22.3. The lowest BCUT2D eigenvalue weighted by Gasteiger charge is -2.18. The Hall–Kier alpha value is -3.02. The highest BCUT2D eigenvalue weighted by molar-refractivity contribution is 6.01. The van der Waals surface area contributed by atoms with E-state index < -0.39 is 12.1 Å². The number of rotatable bonds is 10. The molecule has 0 spiro atoms. The van der Waals surface area contributed by atoms with Gasteiger partial charge in [-0.3, -0.25) is 4.79 Å². The summed E-state index contributed by atoms with van der Waals surface area (Å²) >= 11 is 0. The monoisotopic (exact) mass is 400 g/mol. The first-order chi connectivity index (χ1) is 13.9. The Kier molecular flexibility index (Phi) is 8.07. The van der Waals surface area contributed by atoms with Crippen molar-refractivity contribution in [2.45, 2.75) is 40.7 Å². The van der Waals surface area contributed by atoms with Crippen molar-refractivity contribution in [2.24, 2.45) is 0 Å². The molecule has 0 saturated carbocycles. The Morgan fingerprint density at radius 1 is 0.828 bits per heavy atom. The van der Waals surface area contributed by atoms with E-state index in [0.717, 1.165) is 5.56 Å². The summed E-state index contributed by atoms with van der Waals surface area (Å²) in [7, 11) is 0. The van der Waals surface area contributed by atoms with Crippen LogP contribution in [0.3, 0.4) is 0 Å². The molecular weight excluding hydrogens is 372 g/mol. The van der Waals surface area contributed by atoms with Crippen LogP contribution < -0.4 is 14.2 Å². The highest BCUT2D eigenvalue weighted by atomic mass is 16.6. The zero-order valence-electron chi connectivity index (χ0n) is 17.6. The van der Waals surface area contributed by atoms with Gasteiger partial charge < -0.3 is 18.9 Å². The van der Waals surface area contributed by atoms with Gasteiger partial charge in [0.15, 0.2) is 17.6 Å². The van der Waals surface area contributed by atoms with Crippen molar-refractivity contribution in [1.29, 1.82) is 0 Å². The predicted octanol–water partition coefficient (Wildman–Crippen LogP) is 4.62. The third-order valence-electron chi connectivity index (χ3n) is 4.13. The van der Waals surface area contributed by atoms with Crippen molar-refractivity contribution in [3.8, 4) is 17.2 Å². The molecule has 0 saturated heterocycles. The first-order valence-corrected chi connectivity index (χ1v) is 9.79. The van der Waals surface area contributed by atoms with Gasteiger partial charge in [-0.15, -0.1) is 0 Å². The Morgan fingerprint density at radius 2 is 1.34 bits per heavy atom. The molecule has 0 fully saturated rings. The number of ether oxygens (including phenoxy) is 4. The Bertz CT molecular complexity index is 814. The van der Waals surface area contributed by atoms with E-state index in [1.807, 2.05) is 39.8 Å². The third kappa shape index (κ3) is 5.73. The molecule has 1 atom stereocenters. The zero-order chi connectivity index (χ0) is 21.4. The first kappa shape index (κ1) is 22.3. The second-order valence-corrected chi connectivity index (χ2v) is 6.38. The van der Waals surface area contributed by atoms with Crippen LogP contribution in [0.1, 0.15) is 54.0 Å². The standard InChI is InChI=1S/C23H28O6/c1-6-26-19-13-18(14-20(27-7-2)22(19)28-8-3)23(25)29-16(5)21(24)17-11-9-15(4)10-12-17/h9-14,16H,6-8H2,1-5H3/t16-/m1/s1. The Balaban J connectivity index is 2.26. The van der Waals surface area contributed by atoms with Crippen molar-refractivity contribution in [3.05, 3.63) is 53.1 Å². The van der Waals surface area contributed by atoms with Crippen LogP contribution in [0, 0.1) is 6.92 Å². The number of esters is 1. The highest BCUT2D eigenvalue weighted by Crippen LogP contribution is 2.39. The van der Waals surface area contributed by atoms with Crippen LogP contribution in [-0.4, -0.2) is 37.7 Å². The van der Waals surface area contributed by atoms with Crippen molar-refractivity contribution < 1.29 is 28.5 Å². The second kappa shape index (κ2) is 10.5. The van der Waals surface area contributed by atoms with E-state index in [2.05, 4.69) is 0 Å². The van der Waals surface area contributed by atoms with Crippen molar-refractivity contribution in [3.63, 3.8) is 0 Å². The molecule has 0 aliphatic rings. The minimum Gasteiger partial charge on any atom is -0.490 e. The van der Waals surface area contributed by atoms with E-state index in [1.54, 1.807) is 31.2 Å². The van der Waals surface area contributed by atoms with Gasteiger partial charge in [0.25, 0.3) is 0 Å². The molecule has 29 heavy (non-hydrogen) atoms. The average molecular weight is 400 g/mol. The number of ketones is 1. The predicted molar refractivity (Wildman–Crippen MR) is 110 cm³/mol. The van der Waals surface area contributed by atoms with Gasteiger partial charge in [-0.1, -0.05) is 29.8 Å². The summed E-state index contributed by atoms with van der Waals surface area (Å²) in [5.74, 6) is 0.327. The van der Waals surface area contributed by atoms with Crippen LogP contribution in [0.25, 0.3) is 0 Å². The van der Waals surface area contributed by atoms with E-state index in [4.69, 9.17) is 18.9 Å². The molecule has 156 valence electrons. The summed E-state index contributed by atoms with van der Waals surface area (Å²) in [5.41, 5.74) is 1.77. The number of Topliss-reactive ketones (excluding diaryl/α,β-unsaturated/α-hetero) is 1. The van der Waals surface area contributed by atoms with Gasteiger partial charge in [-0.2, -0.15) is 0 Å². The van der Waals surface area contributed by atoms with E-state index >= 15 is 0 Å². The largest absolute Gasteiger partial charge is 0.490 e. The van der Waals surface area contributed by atoms with E-state index in [9.17, 15) is 9.59 Å². The lowest BCUT2D eigenvalue weighted by atomic mass is 10.1. The molecule has 0 aromatic heterocycles. The molecule has 0 heterocycles.